The number of primary sulfonamides is 1. The fraction of sp³-hybridized carbons (Fsp3) is 0.250. The Morgan fingerprint density at radius 2 is 1.59 bits per heavy atom. The molecule has 3 aromatic rings. The molecule has 1 fully saturated rings. The molecule has 0 radical (unpaired) electrons. The van der Waals surface area contributed by atoms with E-state index in [0.29, 0.717) is 28.1 Å². The largest absolute Gasteiger partial charge is 0.377 e. The lowest BCUT2D eigenvalue weighted by Gasteiger charge is -2.38. The molecule has 3 aromatic carbocycles. The molecular weight excluding hydrogens is 540 g/mol. The molecule has 1 saturated carbocycles. The second-order valence-corrected chi connectivity index (χ2v) is 12.3. The lowest BCUT2D eigenvalue weighted by Crippen LogP contribution is -2.32. The summed E-state index contributed by atoms with van der Waals surface area (Å²) in [5, 5.41) is 31.3. The number of benzene rings is 3. The van der Waals surface area contributed by atoms with Crippen molar-refractivity contribution in [3.8, 4) is 0 Å². The Morgan fingerprint density at radius 1 is 0.946 bits per heavy atom. The first kappa shape index (κ1) is 25.5. The molecule has 10 nitrogen and oxygen atoms in total. The van der Waals surface area contributed by atoms with Crippen LogP contribution in [-0.2, 0) is 10.0 Å². The predicted octanol–water partition coefficient (Wildman–Crippen LogP) is 5.19. The van der Waals surface area contributed by atoms with E-state index in [2.05, 4.69) is 5.32 Å². The fourth-order valence-electron chi connectivity index (χ4n) is 5.37. The summed E-state index contributed by atoms with van der Waals surface area (Å²) in [6, 6.07) is 16.9. The van der Waals surface area contributed by atoms with Crippen LogP contribution in [0.5, 0.6) is 0 Å². The number of halogens is 1. The molecule has 192 valence electrons. The zero-order valence-corrected chi connectivity index (χ0v) is 21.4. The number of thioether (sulfide) groups is 1. The van der Waals surface area contributed by atoms with E-state index in [1.54, 1.807) is 42.5 Å². The molecule has 0 spiro atoms. The summed E-state index contributed by atoms with van der Waals surface area (Å²) in [7, 11) is -3.98. The standard InChI is InChI=1S/C24H21ClN4O6S2/c25-23-21(36-20-8-4-3-7-19(20)29(32)33)12-16-22(23)15-11-13(37(26,34)35)9-10-17(15)27-24(16)14-5-1-2-6-18(14)28(30)31/h1-11,16,21-24,27H,12H2,(H2,26,34,35). The van der Waals surface area contributed by atoms with Crippen LogP contribution in [0, 0.1) is 26.1 Å². The molecule has 13 heteroatoms. The third-order valence-electron chi connectivity index (χ3n) is 6.92. The predicted molar refractivity (Wildman–Crippen MR) is 141 cm³/mol. The number of nitrogens with one attached hydrogen (secondary N) is 1. The molecule has 0 bridgehead atoms. The highest BCUT2D eigenvalue weighted by atomic mass is 35.5. The van der Waals surface area contributed by atoms with Crippen LogP contribution in [0.2, 0.25) is 0 Å². The van der Waals surface area contributed by atoms with Crippen LogP contribution in [-0.4, -0.2) is 28.9 Å². The van der Waals surface area contributed by atoms with Gasteiger partial charge in [0.25, 0.3) is 11.4 Å². The van der Waals surface area contributed by atoms with Crippen LogP contribution >= 0.6 is 23.4 Å². The van der Waals surface area contributed by atoms with E-state index in [0.717, 1.165) is 0 Å². The van der Waals surface area contributed by atoms with Crippen LogP contribution in [0.4, 0.5) is 17.1 Å². The smallest absolute Gasteiger partial charge is 0.282 e. The summed E-state index contributed by atoms with van der Waals surface area (Å²) in [6.45, 7) is 0. The fourth-order valence-corrected chi connectivity index (χ4v) is 7.86. The van der Waals surface area contributed by atoms with Crippen molar-refractivity contribution in [3.63, 3.8) is 0 Å². The van der Waals surface area contributed by atoms with Crippen LogP contribution in [0.15, 0.2) is 76.5 Å². The Labute approximate surface area is 221 Å². The van der Waals surface area contributed by atoms with Gasteiger partial charge in [-0.2, -0.15) is 0 Å². The summed E-state index contributed by atoms with van der Waals surface area (Å²) >= 11 is 8.34. The molecule has 0 amide bonds. The van der Waals surface area contributed by atoms with Crippen molar-refractivity contribution in [3.05, 3.63) is 98.1 Å². The SMILES string of the molecule is NS(=O)(=O)c1ccc2c(c1)C1C(Cl)C(Sc3ccccc3[N+](=O)[O-])CC1C(c1ccccc1[N+](=O)[O-])N2. The highest BCUT2D eigenvalue weighted by Crippen LogP contribution is 2.58. The van der Waals surface area contributed by atoms with E-state index in [1.807, 2.05) is 0 Å². The van der Waals surface area contributed by atoms with Gasteiger partial charge in [0.15, 0.2) is 0 Å². The number of hydrogen-bond acceptors (Lipinski definition) is 8. The number of nitro benzene ring substituents is 2. The molecule has 3 N–H and O–H groups in total. The Balaban J connectivity index is 1.61. The molecule has 5 atom stereocenters. The number of hydrogen-bond donors (Lipinski definition) is 2. The zero-order valence-electron chi connectivity index (χ0n) is 19.1. The summed E-state index contributed by atoms with van der Waals surface area (Å²) in [5.74, 6) is -0.642. The average molecular weight is 561 g/mol. The zero-order chi connectivity index (χ0) is 26.5. The Kier molecular flexibility index (Phi) is 6.61. The van der Waals surface area contributed by atoms with Crippen molar-refractivity contribution in [2.24, 2.45) is 11.1 Å². The average Bonchev–Trinajstić information content (AvgIpc) is 3.19. The van der Waals surface area contributed by atoms with Crippen molar-refractivity contribution >= 4 is 50.4 Å². The lowest BCUT2D eigenvalue weighted by molar-refractivity contribution is -0.387. The number of nitrogens with two attached hydrogens (primary N) is 1. The van der Waals surface area contributed by atoms with Gasteiger partial charge < -0.3 is 5.32 Å². The van der Waals surface area contributed by atoms with Gasteiger partial charge >= 0.3 is 0 Å². The van der Waals surface area contributed by atoms with Gasteiger partial charge in [0.2, 0.25) is 10.0 Å². The van der Waals surface area contributed by atoms with Crippen molar-refractivity contribution in [2.75, 3.05) is 5.32 Å². The van der Waals surface area contributed by atoms with E-state index < -0.39 is 31.3 Å². The van der Waals surface area contributed by atoms with Gasteiger partial charge in [0, 0.05) is 29.0 Å². The van der Waals surface area contributed by atoms with E-state index >= 15 is 0 Å². The number of para-hydroxylation sites is 2. The van der Waals surface area contributed by atoms with Crippen molar-refractivity contribution in [1.82, 2.24) is 0 Å². The third-order valence-corrected chi connectivity index (χ3v) is 9.95. The van der Waals surface area contributed by atoms with Gasteiger partial charge in [-0.3, -0.25) is 20.2 Å². The Morgan fingerprint density at radius 3 is 2.27 bits per heavy atom. The van der Waals surface area contributed by atoms with Crippen LogP contribution in [0.1, 0.15) is 29.5 Å². The topological polar surface area (TPSA) is 158 Å². The van der Waals surface area contributed by atoms with Gasteiger partial charge in [-0.1, -0.05) is 30.3 Å². The van der Waals surface area contributed by atoms with Gasteiger partial charge in [-0.25, -0.2) is 13.6 Å². The maximum absolute atomic E-state index is 12.1. The number of nitrogens with zero attached hydrogens (tertiary/aromatic N) is 2. The summed E-state index contributed by atoms with van der Waals surface area (Å²) in [4.78, 5) is 22.9. The van der Waals surface area contributed by atoms with E-state index in [-0.39, 0.29) is 33.4 Å². The minimum absolute atomic E-state index is 0.0310. The molecule has 2 aliphatic rings. The van der Waals surface area contributed by atoms with Crippen LogP contribution in [0.3, 0.4) is 0 Å². The van der Waals surface area contributed by atoms with E-state index in [1.165, 1.54) is 36.0 Å². The molecule has 1 aliphatic heterocycles. The maximum atomic E-state index is 12.1. The lowest BCUT2D eigenvalue weighted by atomic mass is 9.77. The molecule has 0 saturated heterocycles. The first-order valence-corrected chi connectivity index (χ1v) is 14.1. The highest BCUT2D eigenvalue weighted by molar-refractivity contribution is 8.00. The van der Waals surface area contributed by atoms with Gasteiger partial charge in [-0.05, 0) is 42.2 Å². The number of fused-ring (bicyclic) bond motifs is 3. The molecule has 37 heavy (non-hydrogen) atoms. The highest BCUT2D eigenvalue weighted by Gasteiger charge is 2.51. The van der Waals surface area contributed by atoms with E-state index in [4.69, 9.17) is 16.7 Å². The summed E-state index contributed by atoms with van der Waals surface area (Å²) in [6.07, 6.45) is 0.484. The van der Waals surface area contributed by atoms with Gasteiger partial charge in [0.05, 0.1) is 36.6 Å². The molecule has 5 rings (SSSR count). The molecule has 5 unspecified atom stereocenters. The first-order valence-electron chi connectivity index (χ1n) is 11.3. The Hall–Kier alpha value is -3.19. The first-order chi connectivity index (χ1) is 17.6. The van der Waals surface area contributed by atoms with E-state index in [9.17, 15) is 28.6 Å². The quantitative estimate of drug-likeness (QED) is 0.237. The molecule has 0 aromatic heterocycles. The van der Waals surface area contributed by atoms with Crippen molar-refractivity contribution < 1.29 is 18.3 Å². The number of sulfonamides is 1. The molecule has 1 aliphatic carbocycles. The van der Waals surface area contributed by atoms with Crippen LogP contribution < -0.4 is 10.5 Å². The molecular formula is C24H21ClN4O6S2. The Bertz CT molecular complexity index is 1520. The summed E-state index contributed by atoms with van der Waals surface area (Å²) < 4.78 is 24.2. The number of alkyl halides is 1. The van der Waals surface area contributed by atoms with Gasteiger partial charge in [-0.15, -0.1) is 23.4 Å². The van der Waals surface area contributed by atoms with Crippen LogP contribution in [0.25, 0.3) is 0 Å². The van der Waals surface area contributed by atoms with Gasteiger partial charge in [0.1, 0.15) is 0 Å². The second-order valence-electron chi connectivity index (χ2n) is 8.98. The second kappa shape index (κ2) is 9.60. The monoisotopic (exact) mass is 560 g/mol. The number of anilines is 1. The minimum atomic E-state index is -3.98. The third kappa shape index (κ3) is 4.65. The normalized spacial score (nSPS) is 24.5. The summed E-state index contributed by atoms with van der Waals surface area (Å²) in [5.41, 5.74) is 1.68. The maximum Gasteiger partial charge on any atom is 0.282 e. The minimum Gasteiger partial charge on any atom is -0.377 e. The number of rotatable bonds is 6. The molecule has 1 heterocycles. The van der Waals surface area contributed by atoms with Crippen molar-refractivity contribution in [1.29, 1.82) is 0 Å². The number of nitro groups is 2. The van der Waals surface area contributed by atoms with Crippen molar-refractivity contribution in [2.45, 2.75) is 38.8 Å².